The minimum absolute atomic E-state index is 0.219. The van der Waals surface area contributed by atoms with Gasteiger partial charge in [-0.2, -0.15) is 4.98 Å². The highest BCUT2D eigenvalue weighted by Crippen LogP contribution is 2.16. The fourth-order valence-corrected chi connectivity index (χ4v) is 2.25. The number of nitrogens with zero attached hydrogens (tertiary/aromatic N) is 4. The number of rotatable bonds is 5. The van der Waals surface area contributed by atoms with Crippen LogP contribution >= 0.6 is 0 Å². The molecule has 0 saturated carbocycles. The Morgan fingerprint density at radius 1 is 1.19 bits per heavy atom. The lowest BCUT2D eigenvalue weighted by molar-refractivity contribution is 0.753. The Hall–Kier alpha value is -2.17. The molecule has 0 amide bonds. The van der Waals surface area contributed by atoms with Crippen molar-refractivity contribution in [3.05, 3.63) is 41.3 Å². The van der Waals surface area contributed by atoms with E-state index in [2.05, 4.69) is 40.2 Å². The van der Waals surface area contributed by atoms with Crippen LogP contribution in [0.2, 0.25) is 0 Å². The van der Waals surface area contributed by atoms with Gasteiger partial charge in [-0.15, -0.1) is 0 Å². The van der Waals surface area contributed by atoms with Crippen molar-refractivity contribution in [2.24, 2.45) is 0 Å². The Bertz CT molecular complexity index is 609. The summed E-state index contributed by atoms with van der Waals surface area (Å²) in [6.45, 7) is 6.22. The van der Waals surface area contributed by atoms with Gasteiger partial charge in [0, 0.05) is 50.2 Å². The first kappa shape index (κ1) is 15.2. The number of pyridine rings is 1. The van der Waals surface area contributed by atoms with E-state index in [1.807, 2.05) is 44.4 Å². The quantitative estimate of drug-likeness (QED) is 0.915. The summed E-state index contributed by atoms with van der Waals surface area (Å²) in [5, 5.41) is 3.35. The molecule has 2 heterocycles. The molecule has 2 aromatic heterocycles. The van der Waals surface area contributed by atoms with Gasteiger partial charge in [0.1, 0.15) is 5.82 Å². The maximum absolute atomic E-state index is 4.56. The van der Waals surface area contributed by atoms with Gasteiger partial charge in [-0.05, 0) is 32.4 Å². The van der Waals surface area contributed by atoms with Crippen LogP contribution in [-0.4, -0.2) is 35.1 Å². The molecule has 1 N–H and O–H groups in total. The van der Waals surface area contributed by atoms with Crippen LogP contribution in [0.3, 0.4) is 0 Å². The maximum Gasteiger partial charge on any atom is 0.224 e. The van der Waals surface area contributed by atoms with Gasteiger partial charge in [0.15, 0.2) is 0 Å². The third-order valence-corrected chi connectivity index (χ3v) is 3.36. The molecule has 2 aromatic rings. The molecule has 0 saturated heterocycles. The normalized spacial score (nSPS) is 12.0. The van der Waals surface area contributed by atoms with Gasteiger partial charge in [-0.25, -0.2) is 4.98 Å². The van der Waals surface area contributed by atoms with E-state index in [-0.39, 0.29) is 6.04 Å². The lowest BCUT2D eigenvalue weighted by Crippen LogP contribution is -2.22. The molecule has 0 aliphatic heterocycles. The molecule has 0 unspecified atom stereocenters. The van der Waals surface area contributed by atoms with Gasteiger partial charge in [-0.1, -0.05) is 6.07 Å². The number of hydrogen-bond acceptors (Lipinski definition) is 5. The highest BCUT2D eigenvalue weighted by Gasteiger charge is 2.10. The Balaban J connectivity index is 2.08. The van der Waals surface area contributed by atoms with Crippen molar-refractivity contribution >= 4 is 11.8 Å². The second-order valence-corrected chi connectivity index (χ2v) is 5.61. The molecule has 0 bridgehead atoms. The summed E-state index contributed by atoms with van der Waals surface area (Å²) < 4.78 is 0. The molecule has 21 heavy (non-hydrogen) atoms. The van der Waals surface area contributed by atoms with Gasteiger partial charge in [0.25, 0.3) is 0 Å². The van der Waals surface area contributed by atoms with E-state index in [4.69, 9.17) is 0 Å². The average molecular weight is 285 g/mol. The topological polar surface area (TPSA) is 53.9 Å². The zero-order valence-corrected chi connectivity index (χ0v) is 13.4. The van der Waals surface area contributed by atoms with Gasteiger partial charge >= 0.3 is 0 Å². The number of nitrogens with one attached hydrogen (secondary N) is 1. The maximum atomic E-state index is 4.56. The minimum atomic E-state index is 0.219. The molecule has 112 valence electrons. The van der Waals surface area contributed by atoms with Crippen LogP contribution in [0.1, 0.15) is 23.7 Å². The van der Waals surface area contributed by atoms with E-state index in [0.29, 0.717) is 5.95 Å². The third-order valence-electron chi connectivity index (χ3n) is 3.36. The van der Waals surface area contributed by atoms with E-state index in [1.165, 1.54) is 5.56 Å². The highest BCUT2D eigenvalue weighted by molar-refractivity contribution is 5.47. The highest BCUT2D eigenvalue weighted by atomic mass is 15.2. The molecule has 2 rings (SSSR count). The molecule has 5 nitrogen and oxygen atoms in total. The summed E-state index contributed by atoms with van der Waals surface area (Å²) in [7, 11) is 3.97. The Labute approximate surface area is 126 Å². The van der Waals surface area contributed by atoms with E-state index in [1.54, 1.807) is 0 Å². The van der Waals surface area contributed by atoms with Gasteiger partial charge in [0.2, 0.25) is 5.95 Å². The number of hydrogen-bond donors (Lipinski definition) is 1. The lowest BCUT2D eigenvalue weighted by atomic mass is 10.1. The first-order chi connectivity index (χ1) is 9.97. The van der Waals surface area contributed by atoms with Gasteiger partial charge in [0.05, 0.1) is 0 Å². The summed E-state index contributed by atoms with van der Waals surface area (Å²) in [5.41, 5.74) is 3.39. The second kappa shape index (κ2) is 6.52. The average Bonchev–Trinajstić information content (AvgIpc) is 2.43. The number of anilines is 2. The summed E-state index contributed by atoms with van der Waals surface area (Å²) in [6, 6.07) is 4.27. The smallest absolute Gasteiger partial charge is 0.224 e. The summed E-state index contributed by atoms with van der Waals surface area (Å²) in [6.07, 6.45) is 4.53. The molecule has 0 aliphatic rings. The summed E-state index contributed by atoms with van der Waals surface area (Å²) >= 11 is 0. The minimum Gasteiger partial charge on any atom is -0.362 e. The Kier molecular flexibility index (Phi) is 4.73. The van der Waals surface area contributed by atoms with Crippen LogP contribution in [-0.2, 0) is 6.42 Å². The zero-order chi connectivity index (χ0) is 15.4. The number of aromatic nitrogens is 3. The van der Waals surface area contributed by atoms with Crippen molar-refractivity contribution in [2.75, 3.05) is 24.3 Å². The van der Waals surface area contributed by atoms with E-state index < -0.39 is 0 Å². The molecule has 0 radical (unpaired) electrons. The molecule has 0 aromatic carbocycles. The van der Waals surface area contributed by atoms with Crippen molar-refractivity contribution in [2.45, 2.75) is 33.2 Å². The zero-order valence-electron chi connectivity index (χ0n) is 13.4. The molecule has 5 heteroatoms. The molecule has 1 atom stereocenters. The van der Waals surface area contributed by atoms with Gasteiger partial charge < -0.3 is 10.2 Å². The van der Waals surface area contributed by atoms with Crippen molar-refractivity contribution in [1.29, 1.82) is 0 Å². The van der Waals surface area contributed by atoms with Crippen molar-refractivity contribution in [1.82, 2.24) is 15.0 Å². The van der Waals surface area contributed by atoms with Crippen molar-refractivity contribution < 1.29 is 0 Å². The fourth-order valence-electron chi connectivity index (χ4n) is 2.25. The van der Waals surface area contributed by atoms with Crippen molar-refractivity contribution in [3.63, 3.8) is 0 Å². The number of aryl methyl sites for hydroxylation is 2. The summed E-state index contributed by atoms with van der Waals surface area (Å²) in [5.74, 6) is 1.60. The van der Waals surface area contributed by atoms with E-state index in [9.17, 15) is 0 Å². The van der Waals surface area contributed by atoms with Crippen LogP contribution in [0.25, 0.3) is 0 Å². The van der Waals surface area contributed by atoms with Crippen molar-refractivity contribution in [3.8, 4) is 0 Å². The van der Waals surface area contributed by atoms with Crippen LogP contribution in [0.4, 0.5) is 11.8 Å². The molecule has 0 spiro atoms. The molecular formula is C16H23N5. The van der Waals surface area contributed by atoms with E-state index in [0.717, 1.165) is 23.5 Å². The Morgan fingerprint density at radius 2 is 1.95 bits per heavy atom. The van der Waals surface area contributed by atoms with Crippen LogP contribution < -0.4 is 10.2 Å². The first-order valence-corrected chi connectivity index (χ1v) is 7.15. The first-order valence-electron chi connectivity index (χ1n) is 7.15. The fraction of sp³-hybridized carbons (Fsp3) is 0.438. The van der Waals surface area contributed by atoms with Crippen LogP contribution in [0, 0.1) is 13.8 Å². The molecule has 0 aliphatic carbocycles. The monoisotopic (exact) mass is 285 g/mol. The molecular weight excluding hydrogens is 262 g/mol. The third kappa shape index (κ3) is 3.90. The standard InChI is InChI=1S/C16H23N5/c1-11-7-6-8-17-14(11)9-13(3)19-16-18-10-12(2)15(20-16)21(4)5/h6-8,10,13H,9H2,1-5H3,(H,18,19,20)/t13-/m0/s1. The second-order valence-electron chi connectivity index (χ2n) is 5.61. The predicted octanol–water partition coefficient (Wildman–Crippen LogP) is 2.60. The van der Waals surface area contributed by atoms with Gasteiger partial charge in [-0.3, -0.25) is 4.98 Å². The lowest BCUT2D eigenvalue weighted by Gasteiger charge is -2.18. The molecule has 0 fully saturated rings. The van der Waals surface area contributed by atoms with E-state index >= 15 is 0 Å². The Morgan fingerprint density at radius 3 is 2.62 bits per heavy atom. The summed E-state index contributed by atoms with van der Waals surface area (Å²) in [4.78, 5) is 15.3. The van der Waals surface area contributed by atoms with Crippen LogP contribution in [0.5, 0.6) is 0 Å². The largest absolute Gasteiger partial charge is 0.362 e. The predicted molar refractivity (Wildman–Crippen MR) is 86.9 cm³/mol. The SMILES string of the molecule is Cc1cccnc1C[C@H](C)Nc1ncc(C)c(N(C)C)n1. The van der Waals surface area contributed by atoms with Crippen LogP contribution in [0.15, 0.2) is 24.5 Å².